The van der Waals surface area contributed by atoms with Crippen LogP contribution in [0.2, 0.25) is 5.02 Å². The number of alkyl halides is 4. The number of amidine groups is 1. The summed E-state index contributed by atoms with van der Waals surface area (Å²) in [4.78, 5) is 20.7. The Morgan fingerprint density at radius 3 is 2.69 bits per heavy atom. The fourth-order valence-electron chi connectivity index (χ4n) is 4.69. The smallest absolute Gasteiger partial charge is 0.378 e. The second-order valence-electron chi connectivity index (χ2n) is 8.45. The number of amides is 1. The summed E-state index contributed by atoms with van der Waals surface area (Å²) in [6, 6.07) is 6.47. The number of pyridine rings is 1. The molecule has 2 aliphatic rings. The molecule has 188 valence electrons. The lowest BCUT2D eigenvalue weighted by Crippen LogP contribution is -2.41. The number of hydrogen-bond acceptors (Lipinski definition) is 6. The Hall–Kier alpha value is -2.44. The number of thioether (sulfide) groups is 1. The van der Waals surface area contributed by atoms with E-state index in [-0.39, 0.29) is 34.6 Å². The topological polar surface area (TPSA) is 89.6 Å². The number of carbonyl (C=O) groups excluding carboxylic acids is 1. The van der Waals surface area contributed by atoms with Gasteiger partial charge in [-0.2, -0.15) is 13.2 Å². The second-order valence-corrected chi connectivity index (χ2v) is 10.3. The fraction of sp³-hybridized carbons (Fsp3) is 0.409. The summed E-state index contributed by atoms with van der Waals surface area (Å²) in [6.07, 6.45) is -3.24. The summed E-state index contributed by atoms with van der Waals surface area (Å²) in [5, 5.41) is 2.82. The van der Waals surface area contributed by atoms with Crippen LogP contribution in [0.5, 0.6) is 0 Å². The van der Waals surface area contributed by atoms with Gasteiger partial charge in [-0.1, -0.05) is 30.3 Å². The predicted molar refractivity (Wildman–Crippen MR) is 123 cm³/mol. The minimum absolute atomic E-state index is 0.0495. The number of carbonyl (C=O) groups is 1. The van der Waals surface area contributed by atoms with Crippen molar-refractivity contribution in [2.24, 2.45) is 22.6 Å². The maximum atomic E-state index is 15.1. The van der Waals surface area contributed by atoms with E-state index in [1.165, 1.54) is 30.5 Å². The highest BCUT2D eigenvalue weighted by molar-refractivity contribution is 8.15. The molecule has 2 aromatic rings. The molecule has 1 aliphatic heterocycles. The SMILES string of the molecule is C[C@H]1[C@@H]2[C@@]1(COCC(F)(F)F)SC(N)=N[C@]2(CF)c1cc(NC(=O)c2ccc(Cl)cn2)ccc1F. The maximum absolute atomic E-state index is 15.1. The van der Waals surface area contributed by atoms with Gasteiger partial charge in [0.15, 0.2) is 5.17 Å². The van der Waals surface area contributed by atoms with Gasteiger partial charge in [-0.3, -0.25) is 4.79 Å². The number of aliphatic imine (C=N–C) groups is 1. The van der Waals surface area contributed by atoms with Crippen LogP contribution in [0.4, 0.5) is 27.6 Å². The highest BCUT2D eigenvalue weighted by atomic mass is 35.5. The predicted octanol–water partition coefficient (Wildman–Crippen LogP) is 4.94. The van der Waals surface area contributed by atoms with E-state index >= 15 is 4.39 Å². The van der Waals surface area contributed by atoms with Crippen LogP contribution in [0.1, 0.15) is 23.0 Å². The molecule has 0 radical (unpaired) electrons. The third-order valence-corrected chi connectivity index (χ3v) is 7.90. The first-order valence-corrected chi connectivity index (χ1v) is 11.6. The van der Waals surface area contributed by atoms with Crippen molar-refractivity contribution in [3.05, 3.63) is 58.6 Å². The summed E-state index contributed by atoms with van der Waals surface area (Å²) in [5.74, 6) is -2.47. The number of rotatable bonds is 7. The number of benzene rings is 1. The highest BCUT2D eigenvalue weighted by Gasteiger charge is 2.74. The number of halogens is 6. The number of nitrogens with two attached hydrogens (primary N) is 1. The zero-order chi connectivity index (χ0) is 25.6. The van der Waals surface area contributed by atoms with Gasteiger partial charge in [-0.25, -0.2) is 18.8 Å². The number of ether oxygens (including phenoxy) is 1. The lowest BCUT2D eigenvalue weighted by molar-refractivity contribution is -0.174. The molecule has 1 saturated carbocycles. The van der Waals surface area contributed by atoms with Crippen molar-refractivity contribution < 1.29 is 31.5 Å². The van der Waals surface area contributed by atoms with Crippen LogP contribution in [0, 0.1) is 17.7 Å². The quantitative estimate of drug-likeness (QED) is 0.491. The van der Waals surface area contributed by atoms with E-state index in [4.69, 9.17) is 22.1 Å². The normalized spacial score (nSPS) is 27.7. The number of fused-ring (bicyclic) bond motifs is 1. The van der Waals surface area contributed by atoms with Gasteiger partial charge in [0, 0.05) is 23.4 Å². The summed E-state index contributed by atoms with van der Waals surface area (Å²) in [7, 11) is 0. The molecule has 1 fully saturated rings. The van der Waals surface area contributed by atoms with Crippen molar-refractivity contribution in [3.8, 4) is 0 Å². The largest absolute Gasteiger partial charge is 0.411 e. The molecule has 4 rings (SSSR count). The Morgan fingerprint density at radius 2 is 2.06 bits per heavy atom. The monoisotopic (exact) mass is 534 g/mol. The van der Waals surface area contributed by atoms with Crippen molar-refractivity contribution in [1.82, 2.24) is 4.98 Å². The summed E-state index contributed by atoms with van der Waals surface area (Å²) >= 11 is 6.79. The highest BCUT2D eigenvalue weighted by Crippen LogP contribution is 2.70. The summed E-state index contributed by atoms with van der Waals surface area (Å²) in [5.41, 5.74) is 4.20. The van der Waals surface area contributed by atoms with E-state index in [1.54, 1.807) is 6.92 Å². The second kappa shape index (κ2) is 9.21. The van der Waals surface area contributed by atoms with Gasteiger partial charge in [0.2, 0.25) is 0 Å². The van der Waals surface area contributed by atoms with Crippen LogP contribution in [-0.4, -0.2) is 46.9 Å². The minimum atomic E-state index is -4.53. The molecule has 1 aliphatic carbocycles. The third-order valence-electron chi connectivity index (χ3n) is 6.25. The first kappa shape index (κ1) is 25.6. The van der Waals surface area contributed by atoms with E-state index in [2.05, 4.69) is 15.3 Å². The number of hydrogen-bond donors (Lipinski definition) is 2. The van der Waals surface area contributed by atoms with E-state index in [0.29, 0.717) is 5.02 Å². The number of aromatic nitrogens is 1. The molecular formula is C22H20ClF5N4O2S. The van der Waals surface area contributed by atoms with E-state index < -0.39 is 47.4 Å². The molecule has 6 nitrogen and oxygen atoms in total. The first-order chi connectivity index (χ1) is 16.4. The van der Waals surface area contributed by atoms with Crippen LogP contribution in [0.25, 0.3) is 0 Å². The Kier molecular flexibility index (Phi) is 6.75. The fourth-order valence-corrected chi connectivity index (χ4v) is 6.32. The van der Waals surface area contributed by atoms with Crippen LogP contribution < -0.4 is 11.1 Å². The summed E-state index contributed by atoms with van der Waals surface area (Å²) in [6.45, 7) is -1.27. The van der Waals surface area contributed by atoms with E-state index in [0.717, 1.165) is 17.8 Å². The molecule has 0 spiro atoms. The van der Waals surface area contributed by atoms with Gasteiger partial charge in [-0.05, 0) is 36.2 Å². The van der Waals surface area contributed by atoms with Gasteiger partial charge in [0.05, 0.1) is 16.4 Å². The van der Waals surface area contributed by atoms with Gasteiger partial charge in [-0.15, -0.1) is 0 Å². The zero-order valence-electron chi connectivity index (χ0n) is 18.2. The summed E-state index contributed by atoms with van der Waals surface area (Å²) < 4.78 is 71.5. The molecule has 2 heterocycles. The third kappa shape index (κ3) is 4.83. The number of nitrogens with zero attached hydrogens (tertiary/aromatic N) is 2. The molecular weight excluding hydrogens is 515 g/mol. The van der Waals surface area contributed by atoms with Crippen molar-refractivity contribution >= 4 is 40.1 Å². The molecule has 0 saturated heterocycles. The van der Waals surface area contributed by atoms with Gasteiger partial charge in [0.1, 0.15) is 30.3 Å². The molecule has 4 atom stereocenters. The maximum Gasteiger partial charge on any atom is 0.411 e. The van der Waals surface area contributed by atoms with Crippen LogP contribution >= 0.6 is 23.4 Å². The first-order valence-electron chi connectivity index (χ1n) is 10.4. The van der Waals surface area contributed by atoms with Crippen LogP contribution in [0.15, 0.2) is 41.5 Å². The zero-order valence-corrected chi connectivity index (χ0v) is 19.8. The average Bonchev–Trinajstić information content (AvgIpc) is 3.37. The Labute approximate surface area is 206 Å². The van der Waals surface area contributed by atoms with Crippen molar-refractivity contribution in [3.63, 3.8) is 0 Å². The molecule has 0 bridgehead atoms. The molecule has 13 heteroatoms. The number of anilines is 1. The number of nitrogens with one attached hydrogen (secondary N) is 1. The Morgan fingerprint density at radius 1 is 1.31 bits per heavy atom. The van der Waals surface area contributed by atoms with Gasteiger partial charge < -0.3 is 15.8 Å². The lowest BCUT2D eigenvalue weighted by atomic mass is 9.84. The Bertz CT molecular complexity index is 1170. The van der Waals surface area contributed by atoms with Crippen molar-refractivity contribution in [2.45, 2.75) is 23.4 Å². The molecule has 0 unspecified atom stereocenters. The van der Waals surface area contributed by atoms with Crippen LogP contribution in [0.3, 0.4) is 0 Å². The molecule has 1 aromatic heterocycles. The van der Waals surface area contributed by atoms with Gasteiger partial charge in [0.25, 0.3) is 5.91 Å². The molecule has 1 aromatic carbocycles. The van der Waals surface area contributed by atoms with Crippen molar-refractivity contribution in [2.75, 3.05) is 25.2 Å². The Balaban J connectivity index is 1.65. The molecule has 3 N–H and O–H groups in total. The van der Waals surface area contributed by atoms with Crippen molar-refractivity contribution in [1.29, 1.82) is 0 Å². The standard InChI is InChI=1S/C22H20ClF5N4O2S/c1-11-17-20(8-24,32-19(29)35-21(11,17)9-34-10-22(26,27)28)14-6-13(3-4-15(14)25)31-18(33)16-5-2-12(23)7-30-16/h2-7,11,17H,8-10H2,1H3,(H2,29,32)(H,31,33)/t11-,17-,20+,21-/m0/s1. The lowest BCUT2D eigenvalue weighted by Gasteiger charge is -2.35. The minimum Gasteiger partial charge on any atom is -0.378 e. The van der Waals surface area contributed by atoms with E-state index in [1.807, 2.05) is 0 Å². The van der Waals surface area contributed by atoms with E-state index in [9.17, 15) is 22.4 Å². The van der Waals surface area contributed by atoms with Crippen LogP contribution in [-0.2, 0) is 10.3 Å². The molecule has 1 amide bonds. The average molecular weight is 535 g/mol. The molecule has 35 heavy (non-hydrogen) atoms. The van der Waals surface area contributed by atoms with Gasteiger partial charge >= 0.3 is 6.18 Å².